The topological polar surface area (TPSA) is 67.2 Å². The standard InChI is InChI=1S/C24H30N4O2S/c1-16(2)17(3)25-23(29)18-10-12-27(13-11-18)15-28-24(30)20-8-5-4-7-19(20)22(26-28)21-9-6-14-31-21/h4-9,14,16-18H,10-13,15H2,1-3H3,(H,25,29). The maximum atomic E-state index is 13.1. The van der Waals surface area contributed by atoms with E-state index in [1.807, 2.05) is 41.8 Å². The first-order valence-corrected chi connectivity index (χ1v) is 11.9. The Bertz CT molecular complexity index is 1100. The number of aromatic nitrogens is 2. The molecule has 6 nitrogen and oxygen atoms in total. The minimum Gasteiger partial charge on any atom is -0.353 e. The van der Waals surface area contributed by atoms with Crippen LogP contribution in [0.3, 0.4) is 0 Å². The summed E-state index contributed by atoms with van der Waals surface area (Å²) in [6.07, 6.45) is 1.60. The summed E-state index contributed by atoms with van der Waals surface area (Å²) >= 11 is 1.63. The van der Waals surface area contributed by atoms with Gasteiger partial charge in [0.25, 0.3) is 5.56 Å². The Morgan fingerprint density at radius 1 is 1.13 bits per heavy atom. The summed E-state index contributed by atoms with van der Waals surface area (Å²) in [5.41, 5.74) is 0.781. The zero-order chi connectivity index (χ0) is 22.0. The minimum atomic E-state index is -0.0680. The molecular weight excluding hydrogens is 408 g/mol. The molecule has 1 aromatic carbocycles. The molecule has 1 unspecified atom stereocenters. The van der Waals surface area contributed by atoms with E-state index < -0.39 is 0 Å². The third-order valence-electron chi connectivity index (χ3n) is 6.28. The number of benzene rings is 1. The predicted molar refractivity (Wildman–Crippen MR) is 126 cm³/mol. The molecule has 1 aliphatic heterocycles. The van der Waals surface area contributed by atoms with E-state index in [9.17, 15) is 9.59 Å². The van der Waals surface area contributed by atoms with Crippen molar-refractivity contribution in [1.29, 1.82) is 0 Å². The second kappa shape index (κ2) is 9.32. The Balaban J connectivity index is 1.50. The quantitative estimate of drug-likeness (QED) is 0.633. The number of piperidine rings is 1. The number of carbonyl (C=O) groups excluding carboxylic acids is 1. The molecular formula is C24H30N4O2S. The van der Waals surface area contributed by atoms with Crippen LogP contribution in [0, 0.1) is 11.8 Å². The van der Waals surface area contributed by atoms with E-state index in [-0.39, 0.29) is 23.4 Å². The summed E-state index contributed by atoms with van der Waals surface area (Å²) < 4.78 is 1.58. The average molecular weight is 439 g/mol. The Morgan fingerprint density at radius 2 is 1.84 bits per heavy atom. The smallest absolute Gasteiger partial charge is 0.275 e. The molecule has 0 radical (unpaired) electrons. The highest BCUT2D eigenvalue weighted by atomic mass is 32.1. The number of hydrogen-bond donors (Lipinski definition) is 1. The largest absolute Gasteiger partial charge is 0.353 e. The summed E-state index contributed by atoms with van der Waals surface area (Å²) in [6.45, 7) is 8.30. The third-order valence-corrected chi connectivity index (χ3v) is 7.16. The van der Waals surface area contributed by atoms with Gasteiger partial charge in [-0.3, -0.25) is 14.5 Å². The predicted octanol–water partition coefficient (Wildman–Crippen LogP) is 3.96. The zero-order valence-electron chi connectivity index (χ0n) is 18.4. The molecule has 3 heterocycles. The molecule has 1 amide bonds. The number of likely N-dealkylation sites (tertiary alicyclic amines) is 1. The van der Waals surface area contributed by atoms with Crippen LogP contribution >= 0.6 is 11.3 Å². The van der Waals surface area contributed by atoms with Crippen molar-refractivity contribution in [2.75, 3.05) is 13.1 Å². The third kappa shape index (κ3) is 4.72. The van der Waals surface area contributed by atoms with Crippen molar-refractivity contribution in [1.82, 2.24) is 20.0 Å². The van der Waals surface area contributed by atoms with E-state index in [0.29, 0.717) is 18.0 Å². The second-order valence-electron chi connectivity index (χ2n) is 8.75. The zero-order valence-corrected chi connectivity index (χ0v) is 19.2. The Morgan fingerprint density at radius 3 is 2.48 bits per heavy atom. The SMILES string of the molecule is CC(C)C(C)NC(=O)C1CCN(Cn2nc(-c3cccs3)c3ccccc3c2=O)CC1. The van der Waals surface area contributed by atoms with Crippen molar-refractivity contribution in [3.8, 4) is 10.6 Å². The second-order valence-corrected chi connectivity index (χ2v) is 9.70. The summed E-state index contributed by atoms with van der Waals surface area (Å²) in [5, 5.41) is 11.5. The number of nitrogens with one attached hydrogen (secondary N) is 1. The number of amides is 1. The van der Waals surface area contributed by atoms with Gasteiger partial charge in [-0.15, -0.1) is 11.3 Å². The van der Waals surface area contributed by atoms with Gasteiger partial charge in [-0.05, 0) is 43.2 Å². The van der Waals surface area contributed by atoms with Crippen LogP contribution < -0.4 is 10.9 Å². The van der Waals surface area contributed by atoms with Crippen molar-refractivity contribution >= 4 is 28.0 Å². The van der Waals surface area contributed by atoms with Crippen LogP contribution in [0.25, 0.3) is 21.3 Å². The first-order valence-electron chi connectivity index (χ1n) is 11.0. The molecule has 0 bridgehead atoms. The lowest BCUT2D eigenvalue weighted by molar-refractivity contribution is -0.127. The van der Waals surface area contributed by atoms with Crippen molar-refractivity contribution in [3.63, 3.8) is 0 Å². The van der Waals surface area contributed by atoms with E-state index in [0.717, 1.165) is 41.9 Å². The molecule has 0 spiro atoms. The maximum absolute atomic E-state index is 13.1. The lowest BCUT2D eigenvalue weighted by atomic mass is 9.95. The van der Waals surface area contributed by atoms with Crippen LogP contribution in [-0.2, 0) is 11.5 Å². The van der Waals surface area contributed by atoms with Crippen LogP contribution in [0.5, 0.6) is 0 Å². The molecule has 31 heavy (non-hydrogen) atoms. The van der Waals surface area contributed by atoms with E-state index in [1.165, 1.54) is 0 Å². The molecule has 0 saturated carbocycles. The van der Waals surface area contributed by atoms with E-state index in [4.69, 9.17) is 5.10 Å². The molecule has 1 N–H and O–H groups in total. The van der Waals surface area contributed by atoms with Gasteiger partial charge in [0.15, 0.2) is 0 Å². The van der Waals surface area contributed by atoms with Crippen molar-refractivity contribution in [3.05, 3.63) is 52.1 Å². The highest BCUT2D eigenvalue weighted by Gasteiger charge is 2.27. The molecule has 0 aliphatic carbocycles. The summed E-state index contributed by atoms with van der Waals surface area (Å²) in [6, 6.07) is 11.9. The molecule has 1 aliphatic rings. The van der Waals surface area contributed by atoms with E-state index >= 15 is 0 Å². The van der Waals surface area contributed by atoms with Gasteiger partial charge in [-0.25, -0.2) is 4.68 Å². The van der Waals surface area contributed by atoms with Gasteiger partial charge < -0.3 is 5.32 Å². The van der Waals surface area contributed by atoms with Crippen molar-refractivity contribution < 1.29 is 4.79 Å². The molecule has 2 aromatic heterocycles. The average Bonchev–Trinajstić information content (AvgIpc) is 3.31. The van der Waals surface area contributed by atoms with Crippen LogP contribution in [0.1, 0.15) is 33.6 Å². The highest BCUT2D eigenvalue weighted by Crippen LogP contribution is 2.28. The minimum absolute atomic E-state index is 0.0421. The Labute approximate surface area is 186 Å². The van der Waals surface area contributed by atoms with Crippen LogP contribution in [0.2, 0.25) is 0 Å². The first-order chi connectivity index (χ1) is 14.9. The molecule has 4 rings (SSSR count). The van der Waals surface area contributed by atoms with Gasteiger partial charge in [-0.1, -0.05) is 38.1 Å². The number of rotatable bonds is 6. The van der Waals surface area contributed by atoms with Gasteiger partial charge in [-0.2, -0.15) is 5.10 Å². The number of thiophene rings is 1. The number of nitrogens with zero attached hydrogens (tertiary/aromatic N) is 3. The molecule has 1 fully saturated rings. The lowest BCUT2D eigenvalue weighted by Crippen LogP contribution is -2.45. The van der Waals surface area contributed by atoms with Crippen molar-refractivity contribution in [2.45, 2.75) is 46.3 Å². The fourth-order valence-corrected chi connectivity index (χ4v) is 4.68. The molecule has 7 heteroatoms. The fraction of sp³-hybridized carbons (Fsp3) is 0.458. The molecule has 1 atom stereocenters. The molecule has 3 aromatic rings. The normalized spacial score (nSPS) is 16.6. The summed E-state index contributed by atoms with van der Waals surface area (Å²) in [5.74, 6) is 0.620. The molecule has 164 valence electrons. The fourth-order valence-electron chi connectivity index (χ4n) is 3.96. The van der Waals surface area contributed by atoms with Gasteiger partial charge in [0.05, 0.1) is 16.9 Å². The summed E-state index contributed by atoms with van der Waals surface area (Å²) in [7, 11) is 0. The van der Waals surface area contributed by atoms with Gasteiger partial charge in [0, 0.05) is 30.4 Å². The van der Waals surface area contributed by atoms with Crippen LogP contribution in [-0.4, -0.2) is 39.7 Å². The van der Waals surface area contributed by atoms with E-state index in [2.05, 4.69) is 31.0 Å². The van der Waals surface area contributed by atoms with Gasteiger partial charge in [0.2, 0.25) is 5.91 Å². The van der Waals surface area contributed by atoms with Crippen molar-refractivity contribution in [2.24, 2.45) is 11.8 Å². The van der Waals surface area contributed by atoms with E-state index in [1.54, 1.807) is 16.0 Å². The van der Waals surface area contributed by atoms with Crippen LogP contribution in [0.15, 0.2) is 46.6 Å². The summed E-state index contributed by atoms with van der Waals surface area (Å²) in [4.78, 5) is 28.9. The highest BCUT2D eigenvalue weighted by molar-refractivity contribution is 7.13. The first kappa shape index (κ1) is 21.7. The van der Waals surface area contributed by atoms with Gasteiger partial charge in [0.1, 0.15) is 5.69 Å². The Kier molecular flexibility index (Phi) is 6.53. The maximum Gasteiger partial charge on any atom is 0.275 e. The number of fused-ring (bicyclic) bond motifs is 1. The van der Waals surface area contributed by atoms with Gasteiger partial charge >= 0.3 is 0 Å². The molecule has 1 saturated heterocycles. The van der Waals surface area contributed by atoms with Crippen LogP contribution in [0.4, 0.5) is 0 Å². The number of hydrogen-bond acceptors (Lipinski definition) is 5. The number of carbonyl (C=O) groups is 1. The Hall–Kier alpha value is -2.51. The monoisotopic (exact) mass is 438 g/mol. The lowest BCUT2D eigenvalue weighted by Gasteiger charge is -2.32.